The molecule has 0 fully saturated rings. The lowest BCUT2D eigenvalue weighted by Crippen LogP contribution is -2.41. The standard InChI is InChI=1S/C12H14BrCl2NO4S/c1-6(2)3-10(12(17)18)16-21(19,20)11-8(14)4-7(13)5-9(11)15/h4-6,10,16H,3H2,1-2H3,(H,17,18). The molecule has 5 nitrogen and oxygen atoms in total. The van der Waals surface area contributed by atoms with Gasteiger partial charge in [0, 0.05) is 4.47 Å². The summed E-state index contributed by atoms with van der Waals surface area (Å²) < 4.78 is 27.3. The average molecular weight is 419 g/mol. The first-order chi connectivity index (χ1) is 9.54. The Morgan fingerprint density at radius 1 is 1.33 bits per heavy atom. The van der Waals surface area contributed by atoms with Crippen molar-refractivity contribution in [2.45, 2.75) is 31.2 Å². The third-order valence-corrected chi connectivity index (χ3v) is 5.38. The predicted octanol–water partition coefficient (Wildman–Crippen LogP) is 3.53. The zero-order chi connectivity index (χ0) is 16.4. The van der Waals surface area contributed by atoms with Crippen LogP contribution in [0, 0.1) is 5.92 Å². The highest BCUT2D eigenvalue weighted by Gasteiger charge is 2.29. The van der Waals surface area contributed by atoms with Gasteiger partial charge in [0.25, 0.3) is 0 Å². The molecule has 9 heteroatoms. The maximum absolute atomic E-state index is 12.3. The van der Waals surface area contributed by atoms with E-state index in [-0.39, 0.29) is 27.3 Å². The first-order valence-corrected chi connectivity index (χ1v) is 8.97. The summed E-state index contributed by atoms with van der Waals surface area (Å²) in [5.74, 6) is -1.25. The Labute approximate surface area is 141 Å². The minimum Gasteiger partial charge on any atom is -0.480 e. The number of hydrogen-bond donors (Lipinski definition) is 2. The highest BCUT2D eigenvalue weighted by molar-refractivity contribution is 9.10. The van der Waals surface area contributed by atoms with Crippen molar-refractivity contribution in [3.05, 3.63) is 26.7 Å². The van der Waals surface area contributed by atoms with Crippen molar-refractivity contribution in [1.29, 1.82) is 0 Å². The van der Waals surface area contributed by atoms with Gasteiger partial charge in [-0.05, 0) is 24.5 Å². The second-order valence-electron chi connectivity index (χ2n) is 4.84. The first kappa shape index (κ1) is 18.7. The summed E-state index contributed by atoms with van der Waals surface area (Å²) in [6, 6.07) is 1.51. The molecular formula is C12H14BrCl2NO4S. The normalized spacial score (nSPS) is 13.4. The van der Waals surface area contributed by atoms with E-state index in [1.54, 1.807) is 13.8 Å². The molecule has 1 aromatic carbocycles. The SMILES string of the molecule is CC(C)CC(NS(=O)(=O)c1c(Cl)cc(Br)cc1Cl)C(=O)O. The largest absolute Gasteiger partial charge is 0.480 e. The lowest BCUT2D eigenvalue weighted by molar-refractivity contribution is -0.139. The van der Waals surface area contributed by atoms with Gasteiger partial charge in [0.15, 0.2) is 0 Å². The maximum Gasteiger partial charge on any atom is 0.321 e. The minimum absolute atomic E-state index is 0.00432. The average Bonchev–Trinajstić information content (AvgIpc) is 2.24. The molecule has 118 valence electrons. The van der Waals surface area contributed by atoms with Gasteiger partial charge in [-0.15, -0.1) is 0 Å². The van der Waals surface area contributed by atoms with Crippen LogP contribution in [-0.2, 0) is 14.8 Å². The summed E-state index contributed by atoms with van der Waals surface area (Å²) in [7, 11) is -4.14. The van der Waals surface area contributed by atoms with Crippen molar-refractivity contribution in [2.24, 2.45) is 5.92 Å². The second-order valence-corrected chi connectivity index (χ2v) is 8.22. The van der Waals surface area contributed by atoms with Crippen molar-refractivity contribution >= 4 is 55.1 Å². The van der Waals surface area contributed by atoms with Crippen LogP contribution in [0.2, 0.25) is 10.0 Å². The van der Waals surface area contributed by atoms with Gasteiger partial charge in [-0.1, -0.05) is 53.0 Å². The molecular weight excluding hydrogens is 405 g/mol. The number of sulfonamides is 1. The number of carboxylic acid groups (broad SMARTS) is 1. The highest BCUT2D eigenvalue weighted by atomic mass is 79.9. The summed E-state index contributed by atoms with van der Waals surface area (Å²) in [6.45, 7) is 3.59. The molecule has 0 amide bonds. The van der Waals surface area contributed by atoms with Crippen LogP contribution in [0.15, 0.2) is 21.5 Å². The van der Waals surface area contributed by atoms with Gasteiger partial charge in [-0.3, -0.25) is 4.79 Å². The molecule has 0 saturated heterocycles. The van der Waals surface area contributed by atoms with Crippen LogP contribution >= 0.6 is 39.1 Å². The maximum atomic E-state index is 12.3. The summed E-state index contributed by atoms with van der Waals surface area (Å²) in [4.78, 5) is 10.8. The molecule has 2 N–H and O–H groups in total. The third-order valence-electron chi connectivity index (χ3n) is 2.53. The Morgan fingerprint density at radius 2 is 1.81 bits per heavy atom. The number of benzene rings is 1. The minimum atomic E-state index is -4.14. The molecule has 0 bridgehead atoms. The summed E-state index contributed by atoms with van der Waals surface area (Å²) in [5, 5.41) is 8.94. The zero-order valence-corrected chi connectivity index (χ0v) is 15.1. The van der Waals surface area contributed by atoms with Gasteiger partial charge in [-0.25, -0.2) is 8.42 Å². The van der Waals surface area contributed by atoms with E-state index in [4.69, 9.17) is 28.3 Å². The Bertz CT molecular complexity index is 626. The van der Waals surface area contributed by atoms with Crippen LogP contribution < -0.4 is 4.72 Å². The van der Waals surface area contributed by atoms with Gasteiger partial charge in [0.2, 0.25) is 10.0 Å². The molecule has 0 aliphatic heterocycles. The van der Waals surface area contributed by atoms with Gasteiger partial charge >= 0.3 is 5.97 Å². The molecule has 0 aliphatic rings. The van der Waals surface area contributed by atoms with Crippen LogP contribution in [-0.4, -0.2) is 25.5 Å². The van der Waals surface area contributed by atoms with Crippen molar-refractivity contribution in [3.8, 4) is 0 Å². The Morgan fingerprint density at radius 3 is 2.19 bits per heavy atom. The van der Waals surface area contributed by atoms with E-state index >= 15 is 0 Å². The first-order valence-electron chi connectivity index (χ1n) is 5.94. The van der Waals surface area contributed by atoms with Gasteiger partial charge in [-0.2, -0.15) is 4.72 Å². The molecule has 1 aromatic rings. The van der Waals surface area contributed by atoms with Gasteiger partial charge in [0.1, 0.15) is 10.9 Å². The Balaban J connectivity index is 3.20. The highest BCUT2D eigenvalue weighted by Crippen LogP contribution is 2.33. The fourth-order valence-corrected chi connectivity index (χ4v) is 4.84. The fraction of sp³-hybridized carbons (Fsp3) is 0.417. The van der Waals surface area contributed by atoms with Crippen molar-refractivity contribution < 1.29 is 18.3 Å². The summed E-state index contributed by atoms with van der Waals surface area (Å²) in [6.07, 6.45) is 0.153. The molecule has 0 spiro atoms. The van der Waals surface area contributed by atoms with Crippen LogP contribution in [0.4, 0.5) is 0 Å². The van der Waals surface area contributed by atoms with Gasteiger partial charge in [0.05, 0.1) is 10.0 Å². The summed E-state index contributed by atoms with van der Waals surface area (Å²) >= 11 is 15.0. The van der Waals surface area contributed by atoms with E-state index in [2.05, 4.69) is 20.7 Å². The van der Waals surface area contributed by atoms with Crippen LogP contribution in [0.25, 0.3) is 0 Å². The topological polar surface area (TPSA) is 83.5 Å². The van der Waals surface area contributed by atoms with E-state index in [1.807, 2.05) is 0 Å². The Kier molecular flexibility index (Phi) is 6.49. The van der Waals surface area contributed by atoms with Crippen molar-refractivity contribution in [1.82, 2.24) is 4.72 Å². The fourth-order valence-electron chi connectivity index (χ4n) is 1.70. The van der Waals surface area contributed by atoms with Crippen LogP contribution in [0.5, 0.6) is 0 Å². The Hall–Kier alpha value is -0.340. The zero-order valence-electron chi connectivity index (χ0n) is 11.2. The number of halogens is 3. The second kappa shape index (κ2) is 7.28. The molecule has 0 aromatic heterocycles. The predicted molar refractivity (Wildman–Crippen MR) is 85.4 cm³/mol. The van der Waals surface area contributed by atoms with E-state index in [1.165, 1.54) is 12.1 Å². The molecule has 21 heavy (non-hydrogen) atoms. The van der Waals surface area contributed by atoms with Crippen LogP contribution in [0.3, 0.4) is 0 Å². The molecule has 0 aliphatic carbocycles. The molecule has 0 radical (unpaired) electrons. The number of carboxylic acids is 1. The number of nitrogens with one attached hydrogen (secondary N) is 1. The number of carbonyl (C=O) groups is 1. The third kappa shape index (κ3) is 5.10. The molecule has 1 atom stereocenters. The molecule has 1 unspecified atom stereocenters. The monoisotopic (exact) mass is 417 g/mol. The van der Waals surface area contributed by atoms with E-state index in [0.717, 1.165) is 0 Å². The molecule has 0 saturated carbocycles. The lowest BCUT2D eigenvalue weighted by Gasteiger charge is -2.17. The quantitative estimate of drug-likeness (QED) is 0.739. The number of hydrogen-bond acceptors (Lipinski definition) is 3. The molecule has 0 heterocycles. The summed E-state index contributed by atoms with van der Waals surface area (Å²) in [5.41, 5.74) is 0. The van der Waals surface area contributed by atoms with Crippen molar-refractivity contribution in [2.75, 3.05) is 0 Å². The van der Waals surface area contributed by atoms with Gasteiger partial charge < -0.3 is 5.11 Å². The van der Waals surface area contributed by atoms with Crippen molar-refractivity contribution in [3.63, 3.8) is 0 Å². The molecule has 1 rings (SSSR count). The van der Waals surface area contributed by atoms with E-state index in [9.17, 15) is 13.2 Å². The van der Waals surface area contributed by atoms with E-state index < -0.39 is 22.0 Å². The number of rotatable bonds is 6. The lowest BCUT2D eigenvalue weighted by atomic mass is 10.1. The number of aliphatic carboxylic acids is 1. The smallest absolute Gasteiger partial charge is 0.321 e. The van der Waals surface area contributed by atoms with E-state index in [0.29, 0.717) is 4.47 Å². The van der Waals surface area contributed by atoms with Crippen LogP contribution in [0.1, 0.15) is 20.3 Å².